The van der Waals surface area contributed by atoms with Gasteiger partial charge >= 0.3 is 0 Å². The summed E-state index contributed by atoms with van der Waals surface area (Å²) >= 11 is 5.72. The predicted molar refractivity (Wildman–Crippen MR) is 92.7 cm³/mol. The van der Waals surface area contributed by atoms with Gasteiger partial charge in [-0.25, -0.2) is 9.37 Å². The standard InChI is InChI=1S/C18H15ClFN3O/c1-2-23-10-9-21-17(23)12-5-3-6-13(11-12)22-18(24)14-7-4-8-15(19)16(14)20/h3-11H,2H2,1H3,(H,22,24). The minimum Gasteiger partial charge on any atom is -0.331 e. The van der Waals surface area contributed by atoms with Crippen LogP contribution >= 0.6 is 11.6 Å². The Morgan fingerprint density at radius 3 is 2.88 bits per heavy atom. The average molecular weight is 344 g/mol. The second-order valence-corrected chi connectivity index (χ2v) is 5.58. The van der Waals surface area contributed by atoms with Gasteiger partial charge in [-0.3, -0.25) is 4.79 Å². The molecule has 0 saturated carbocycles. The number of halogens is 2. The van der Waals surface area contributed by atoms with Crippen LogP contribution in [-0.4, -0.2) is 15.5 Å². The van der Waals surface area contributed by atoms with Crippen molar-refractivity contribution in [2.45, 2.75) is 13.5 Å². The number of carbonyl (C=O) groups is 1. The number of rotatable bonds is 4. The lowest BCUT2D eigenvalue weighted by Crippen LogP contribution is -2.14. The number of imidazole rings is 1. The van der Waals surface area contributed by atoms with Gasteiger partial charge in [-0.15, -0.1) is 0 Å². The van der Waals surface area contributed by atoms with Crippen molar-refractivity contribution in [2.24, 2.45) is 0 Å². The van der Waals surface area contributed by atoms with Crippen molar-refractivity contribution in [1.29, 1.82) is 0 Å². The number of hydrogen-bond donors (Lipinski definition) is 1. The third kappa shape index (κ3) is 3.16. The van der Waals surface area contributed by atoms with Gasteiger partial charge < -0.3 is 9.88 Å². The SMILES string of the molecule is CCn1ccnc1-c1cccc(NC(=O)c2cccc(Cl)c2F)c1. The van der Waals surface area contributed by atoms with Gasteiger partial charge in [-0.2, -0.15) is 0 Å². The van der Waals surface area contributed by atoms with E-state index in [-0.39, 0.29) is 10.6 Å². The summed E-state index contributed by atoms with van der Waals surface area (Å²) in [6, 6.07) is 11.6. The zero-order valence-corrected chi connectivity index (χ0v) is 13.7. The molecule has 122 valence electrons. The third-order valence-electron chi connectivity index (χ3n) is 3.63. The lowest BCUT2D eigenvalue weighted by Gasteiger charge is -2.09. The number of benzene rings is 2. The smallest absolute Gasteiger partial charge is 0.258 e. The number of nitrogens with one attached hydrogen (secondary N) is 1. The second kappa shape index (κ2) is 6.84. The molecule has 0 radical (unpaired) electrons. The number of aromatic nitrogens is 2. The van der Waals surface area contributed by atoms with Crippen LogP contribution in [-0.2, 0) is 6.54 Å². The first-order valence-corrected chi connectivity index (χ1v) is 7.85. The molecule has 3 aromatic rings. The van der Waals surface area contributed by atoms with Crippen LogP contribution in [0.15, 0.2) is 54.9 Å². The third-order valence-corrected chi connectivity index (χ3v) is 3.92. The zero-order valence-electron chi connectivity index (χ0n) is 13.0. The predicted octanol–water partition coefficient (Wildman–Crippen LogP) is 4.61. The number of aryl methyl sites for hydroxylation is 1. The Morgan fingerprint density at radius 2 is 2.08 bits per heavy atom. The summed E-state index contributed by atoms with van der Waals surface area (Å²) in [6.45, 7) is 2.82. The van der Waals surface area contributed by atoms with Crippen LogP contribution in [0.2, 0.25) is 5.02 Å². The Morgan fingerprint density at radius 1 is 1.29 bits per heavy atom. The summed E-state index contributed by atoms with van der Waals surface area (Å²) in [4.78, 5) is 16.6. The molecule has 0 aliphatic heterocycles. The largest absolute Gasteiger partial charge is 0.331 e. The molecule has 0 unspecified atom stereocenters. The molecule has 0 bridgehead atoms. The highest BCUT2D eigenvalue weighted by Gasteiger charge is 2.14. The van der Waals surface area contributed by atoms with Gasteiger partial charge in [0.2, 0.25) is 0 Å². The molecule has 0 atom stereocenters. The molecule has 1 N–H and O–H groups in total. The summed E-state index contributed by atoms with van der Waals surface area (Å²) in [6.07, 6.45) is 3.62. The van der Waals surface area contributed by atoms with Gasteiger partial charge in [0, 0.05) is 30.2 Å². The van der Waals surface area contributed by atoms with Crippen molar-refractivity contribution >= 4 is 23.2 Å². The fourth-order valence-corrected chi connectivity index (χ4v) is 2.61. The minimum atomic E-state index is -0.727. The van der Waals surface area contributed by atoms with Gasteiger partial charge in [0.05, 0.1) is 10.6 Å². The average Bonchev–Trinajstić information content (AvgIpc) is 3.06. The maximum absolute atomic E-state index is 13.9. The van der Waals surface area contributed by atoms with Crippen LogP contribution in [0.25, 0.3) is 11.4 Å². The quantitative estimate of drug-likeness (QED) is 0.751. The van der Waals surface area contributed by atoms with E-state index in [0.717, 1.165) is 17.9 Å². The zero-order chi connectivity index (χ0) is 17.1. The Balaban J connectivity index is 1.87. The van der Waals surface area contributed by atoms with Crippen LogP contribution in [0.3, 0.4) is 0 Å². The van der Waals surface area contributed by atoms with E-state index in [1.807, 2.05) is 29.8 Å². The van der Waals surface area contributed by atoms with Gasteiger partial charge in [-0.1, -0.05) is 29.8 Å². The van der Waals surface area contributed by atoms with Gasteiger partial charge in [-0.05, 0) is 31.2 Å². The molecule has 1 heterocycles. The number of carbonyl (C=O) groups excluding carboxylic acids is 1. The molecular formula is C18H15ClFN3O. The molecule has 2 aromatic carbocycles. The van der Waals surface area contributed by atoms with Gasteiger partial charge in [0.15, 0.2) is 5.82 Å². The molecule has 4 nitrogen and oxygen atoms in total. The van der Waals surface area contributed by atoms with Gasteiger partial charge in [0.1, 0.15) is 5.82 Å². The van der Waals surface area contributed by atoms with E-state index in [0.29, 0.717) is 5.69 Å². The maximum atomic E-state index is 13.9. The van der Waals surface area contributed by atoms with E-state index < -0.39 is 11.7 Å². The second-order valence-electron chi connectivity index (χ2n) is 5.17. The molecule has 0 aliphatic carbocycles. The summed E-state index contributed by atoms with van der Waals surface area (Å²) < 4.78 is 15.9. The summed E-state index contributed by atoms with van der Waals surface area (Å²) in [7, 11) is 0. The lowest BCUT2D eigenvalue weighted by molar-refractivity contribution is 0.102. The monoisotopic (exact) mass is 343 g/mol. The van der Waals surface area contributed by atoms with E-state index >= 15 is 0 Å². The molecule has 3 rings (SSSR count). The molecule has 0 fully saturated rings. The molecule has 0 aliphatic rings. The molecule has 6 heteroatoms. The normalized spacial score (nSPS) is 10.6. The molecule has 1 aromatic heterocycles. The van der Waals surface area contributed by atoms with E-state index in [2.05, 4.69) is 10.3 Å². The first kappa shape index (κ1) is 16.2. The van der Waals surface area contributed by atoms with Crippen molar-refractivity contribution in [3.63, 3.8) is 0 Å². The number of anilines is 1. The summed E-state index contributed by atoms with van der Waals surface area (Å²) in [5, 5.41) is 2.61. The fourth-order valence-electron chi connectivity index (χ4n) is 2.44. The molecule has 24 heavy (non-hydrogen) atoms. The van der Waals surface area contributed by atoms with Crippen LogP contribution < -0.4 is 5.32 Å². The van der Waals surface area contributed by atoms with E-state index in [1.165, 1.54) is 18.2 Å². The maximum Gasteiger partial charge on any atom is 0.258 e. The topological polar surface area (TPSA) is 46.9 Å². The van der Waals surface area contributed by atoms with Gasteiger partial charge in [0.25, 0.3) is 5.91 Å². The van der Waals surface area contributed by atoms with Crippen molar-refractivity contribution in [3.8, 4) is 11.4 Å². The number of nitrogens with zero attached hydrogens (tertiary/aromatic N) is 2. The van der Waals surface area contributed by atoms with E-state index in [1.54, 1.807) is 18.3 Å². The van der Waals surface area contributed by atoms with E-state index in [9.17, 15) is 9.18 Å². The van der Waals surface area contributed by atoms with Crippen molar-refractivity contribution in [3.05, 3.63) is 71.3 Å². The molecule has 1 amide bonds. The molecule has 0 spiro atoms. The first-order chi connectivity index (χ1) is 11.6. The highest BCUT2D eigenvalue weighted by Crippen LogP contribution is 2.23. The van der Waals surface area contributed by atoms with Crippen molar-refractivity contribution in [2.75, 3.05) is 5.32 Å². The van der Waals surface area contributed by atoms with Crippen molar-refractivity contribution < 1.29 is 9.18 Å². The van der Waals surface area contributed by atoms with Crippen LogP contribution in [0.5, 0.6) is 0 Å². The summed E-state index contributed by atoms with van der Waals surface area (Å²) in [5.41, 5.74) is 1.33. The number of hydrogen-bond acceptors (Lipinski definition) is 2. The minimum absolute atomic E-state index is 0.0821. The van der Waals surface area contributed by atoms with Crippen molar-refractivity contribution in [1.82, 2.24) is 9.55 Å². The fraction of sp³-hybridized carbons (Fsp3) is 0.111. The molecule has 0 saturated heterocycles. The highest BCUT2D eigenvalue weighted by molar-refractivity contribution is 6.31. The Kier molecular flexibility index (Phi) is 4.62. The Bertz CT molecular complexity index is 891. The Hall–Kier alpha value is -2.66. The van der Waals surface area contributed by atoms with Crippen LogP contribution in [0, 0.1) is 5.82 Å². The van der Waals surface area contributed by atoms with Crippen LogP contribution in [0.1, 0.15) is 17.3 Å². The van der Waals surface area contributed by atoms with E-state index in [4.69, 9.17) is 11.6 Å². The number of amides is 1. The van der Waals surface area contributed by atoms with Crippen LogP contribution in [0.4, 0.5) is 10.1 Å². The lowest BCUT2D eigenvalue weighted by atomic mass is 10.1. The summed E-state index contributed by atoms with van der Waals surface area (Å²) in [5.74, 6) is -0.470. The first-order valence-electron chi connectivity index (χ1n) is 7.47. The highest BCUT2D eigenvalue weighted by atomic mass is 35.5. The molecular weight excluding hydrogens is 329 g/mol. The Labute approximate surface area is 143 Å².